The third kappa shape index (κ3) is 2.25. The van der Waals surface area contributed by atoms with Gasteiger partial charge in [-0.05, 0) is 13.1 Å². The molecule has 1 aromatic rings. The highest BCUT2D eigenvalue weighted by Crippen LogP contribution is 2.13. The van der Waals surface area contributed by atoms with Gasteiger partial charge in [0.15, 0.2) is 11.6 Å². The molecule has 2 heterocycles. The molecule has 1 aliphatic heterocycles. The van der Waals surface area contributed by atoms with Gasteiger partial charge in [-0.15, -0.1) is 0 Å². The van der Waals surface area contributed by atoms with E-state index in [1.54, 1.807) is 0 Å². The predicted octanol–water partition coefficient (Wildman–Crippen LogP) is 0.734. The van der Waals surface area contributed by atoms with Gasteiger partial charge >= 0.3 is 0 Å². The second-order valence-electron chi connectivity index (χ2n) is 3.84. The number of pyridine rings is 1. The van der Waals surface area contributed by atoms with Crippen molar-refractivity contribution >= 4 is 5.78 Å². The lowest BCUT2D eigenvalue weighted by molar-refractivity contribution is -0.00883. The lowest BCUT2D eigenvalue weighted by Gasteiger charge is -2.29. The van der Waals surface area contributed by atoms with Crippen molar-refractivity contribution in [1.82, 2.24) is 9.88 Å². The number of ketones is 1. The van der Waals surface area contributed by atoms with Crippen LogP contribution >= 0.6 is 0 Å². The van der Waals surface area contributed by atoms with Crippen molar-refractivity contribution in [2.24, 2.45) is 0 Å². The Morgan fingerprint density at radius 2 is 2.50 bits per heavy atom. The minimum Gasteiger partial charge on any atom is -0.367 e. The van der Waals surface area contributed by atoms with Crippen molar-refractivity contribution in [2.45, 2.75) is 6.10 Å². The molecule has 1 atom stereocenters. The van der Waals surface area contributed by atoms with Crippen molar-refractivity contribution in [1.29, 1.82) is 0 Å². The van der Waals surface area contributed by atoms with Gasteiger partial charge in [-0.1, -0.05) is 0 Å². The van der Waals surface area contributed by atoms with Crippen LogP contribution in [0.5, 0.6) is 0 Å². The van der Waals surface area contributed by atoms with Crippen molar-refractivity contribution in [2.75, 3.05) is 26.7 Å². The zero-order valence-corrected chi connectivity index (χ0v) is 9.02. The summed E-state index contributed by atoms with van der Waals surface area (Å²) in [6.07, 6.45) is 1.87. The van der Waals surface area contributed by atoms with Gasteiger partial charge in [-0.2, -0.15) is 0 Å². The number of rotatable bonds is 2. The lowest BCUT2D eigenvalue weighted by atomic mass is 10.1. The van der Waals surface area contributed by atoms with Gasteiger partial charge in [0.1, 0.15) is 6.10 Å². The van der Waals surface area contributed by atoms with Crippen LogP contribution in [0.4, 0.5) is 4.39 Å². The number of likely N-dealkylation sites (N-methyl/N-ethyl adjacent to an activating group) is 1. The Bertz CT molecular complexity index is 397. The predicted molar refractivity (Wildman–Crippen MR) is 55.8 cm³/mol. The Morgan fingerprint density at radius 1 is 1.69 bits per heavy atom. The molecule has 86 valence electrons. The standard InChI is InChI=1S/C11H13FN2O2/c1-14-4-5-16-10(7-14)11(15)8-2-3-13-6-9(8)12/h2-3,6,10H,4-5,7H2,1H3. The van der Waals surface area contributed by atoms with Crippen LogP contribution in [0.15, 0.2) is 18.5 Å². The maximum Gasteiger partial charge on any atom is 0.195 e. The third-order valence-corrected chi connectivity index (χ3v) is 2.60. The molecule has 0 N–H and O–H groups in total. The molecule has 1 aromatic heterocycles. The molecule has 1 aliphatic rings. The number of carbonyl (C=O) groups is 1. The topological polar surface area (TPSA) is 42.4 Å². The van der Waals surface area contributed by atoms with Crippen LogP contribution in [0.1, 0.15) is 10.4 Å². The van der Waals surface area contributed by atoms with Crippen LogP contribution in [0, 0.1) is 5.82 Å². The Morgan fingerprint density at radius 3 is 3.19 bits per heavy atom. The number of carbonyl (C=O) groups excluding carboxylic acids is 1. The van der Waals surface area contributed by atoms with E-state index in [4.69, 9.17) is 4.74 Å². The fraction of sp³-hybridized carbons (Fsp3) is 0.455. The number of halogens is 1. The molecular weight excluding hydrogens is 211 g/mol. The molecule has 0 amide bonds. The number of hydrogen-bond acceptors (Lipinski definition) is 4. The summed E-state index contributed by atoms with van der Waals surface area (Å²) in [7, 11) is 1.91. The number of ether oxygens (including phenoxy) is 1. The summed E-state index contributed by atoms with van der Waals surface area (Å²) < 4.78 is 18.7. The molecular formula is C11H13FN2O2. The zero-order chi connectivity index (χ0) is 11.5. The smallest absolute Gasteiger partial charge is 0.195 e. The zero-order valence-electron chi connectivity index (χ0n) is 9.02. The van der Waals surface area contributed by atoms with Crippen molar-refractivity contribution in [3.8, 4) is 0 Å². The van der Waals surface area contributed by atoms with Crippen molar-refractivity contribution in [3.63, 3.8) is 0 Å². The molecule has 1 saturated heterocycles. The highest BCUT2D eigenvalue weighted by molar-refractivity contribution is 5.99. The molecule has 5 heteroatoms. The third-order valence-electron chi connectivity index (χ3n) is 2.60. The van der Waals surface area contributed by atoms with Gasteiger partial charge in [0, 0.05) is 19.3 Å². The summed E-state index contributed by atoms with van der Waals surface area (Å²) in [6.45, 7) is 1.79. The number of Topliss-reactive ketones (excluding diaryl/α,β-unsaturated/α-hetero) is 1. The van der Waals surface area contributed by atoms with Gasteiger partial charge in [0.05, 0.1) is 18.4 Å². The molecule has 1 fully saturated rings. The van der Waals surface area contributed by atoms with Crippen LogP contribution in [0.2, 0.25) is 0 Å². The van der Waals surface area contributed by atoms with Crippen LogP contribution in [0.25, 0.3) is 0 Å². The summed E-state index contributed by atoms with van der Waals surface area (Å²) >= 11 is 0. The van der Waals surface area contributed by atoms with Crippen LogP contribution in [-0.2, 0) is 4.74 Å². The molecule has 16 heavy (non-hydrogen) atoms. The van der Waals surface area contributed by atoms with Gasteiger partial charge in [-0.25, -0.2) is 4.39 Å². The molecule has 0 radical (unpaired) electrons. The van der Waals surface area contributed by atoms with Gasteiger partial charge in [0.2, 0.25) is 0 Å². The van der Waals surface area contributed by atoms with E-state index in [2.05, 4.69) is 4.98 Å². The fourth-order valence-electron chi connectivity index (χ4n) is 1.68. The summed E-state index contributed by atoms with van der Waals surface area (Å²) in [5.74, 6) is -0.907. The van der Waals surface area contributed by atoms with E-state index in [0.29, 0.717) is 13.2 Å². The van der Waals surface area contributed by atoms with E-state index in [-0.39, 0.29) is 11.3 Å². The monoisotopic (exact) mass is 224 g/mol. The second-order valence-corrected chi connectivity index (χ2v) is 3.84. The highest BCUT2D eigenvalue weighted by atomic mass is 19.1. The van der Waals surface area contributed by atoms with Gasteiger partial charge < -0.3 is 9.64 Å². The Balaban J connectivity index is 2.16. The Hall–Kier alpha value is -1.33. The summed E-state index contributed by atoms with van der Waals surface area (Å²) in [6, 6.07) is 1.38. The minimum atomic E-state index is -0.593. The number of nitrogens with zero attached hydrogens (tertiary/aromatic N) is 2. The maximum atomic E-state index is 13.3. The largest absolute Gasteiger partial charge is 0.367 e. The SMILES string of the molecule is CN1CCOC(C(=O)c2ccncc2F)C1. The second kappa shape index (κ2) is 4.67. The summed E-state index contributed by atoms with van der Waals surface area (Å²) in [5.41, 5.74) is 0.0512. The number of hydrogen-bond donors (Lipinski definition) is 0. The van der Waals surface area contributed by atoms with E-state index in [9.17, 15) is 9.18 Å². The Kier molecular flexibility index (Phi) is 3.26. The van der Waals surface area contributed by atoms with Crippen LogP contribution in [0.3, 0.4) is 0 Å². The van der Waals surface area contributed by atoms with Gasteiger partial charge in [-0.3, -0.25) is 9.78 Å². The first-order valence-electron chi connectivity index (χ1n) is 5.12. The molecule has 1 unspecified atom stereocenters. The normalized spacial score (nSPS) is 22.0. The van der Waals surface area contributed by atoms with Gasteiger partial charge in [0.25, 0.3) is 0 Å². The highest BCUT2D eigenvalue weighted by Gasteiger charge is 2.27. The van der Waals surface area contributed by atoms with E-state index < -0.39 is 11.9 Å². The van der Waals surface area contributed by atoms with Crippen LogP contribution in [-0.4, -0.2) is 48.5 Å². The van der Waals surface area contributed by atoms with Crippen LogP contribution < -0.4 is 0 Å². The summed E-state index contributed by atoms with van der Waals surface area (Å²) in [4.78, 5) is 17.5. The Labute approximate surface area is 93.0 Å². The lowest BCUT2D eigenvalue weighted by Crippen LogP contribution is -2.44. The average Bonchev–Trinajstić information content (AvgIpc) is 2.29. The maximum absolute atomic E-state index is 13.3. The first-order valence-corrected chi connectivity index (χ1v) is 5.12. The minimum absolute atomic E-state index is 0.0512. The van der Waals surface area contributed by atoms with Crippen molar-refractivity contribution < 1.29 is 13.9 Å². The molecule has 0 saturated carbocycles. The quantitative estimate of drug-likeness (QED) is 0.695. The first kappa shape index (κ1) is 11.2. The molecule has 2 rings (SSSR count). The van der Waals surface area contributed by atoms with E-state index in [0.717, 1.165) is 12.7 Å². The van der Waals surface area contributed by atoms with E-state index in [1.807, 2.05) is 11.9 Å². The number of morpholine rings is 1. The average molecular weight is 224 g/mol. The first-order chi connectivity index (χ1) is 7.68. The van der Waals surface area contributed by atoms with E-state index >= 15 is 0 Å². The van der Waals surface area contributed by atoms with E-state index in [1.165, 1.54) is 12.3 Å². The number of aromatic nitrogens is 1. The van der Waals surface area contributed by atoms with Crippen molar-refractivity contribution in [3.05, 3.63) is 29.8 Å². The molecule has 4 nitrogen and oxygen atoms in total. The molecule has 0 aromatic carbocycles. The fourth-order valence-corrected chi connectivity index (χ4v) is 1.68. The molecule has 0 spiro atoms. The molecule has 0 aliphatic carbocycles. The molecule has 0 bridgehead atoms. The summed E-state index contributed by atoms with van der Waals surface area (Å²) in [5, 5.41) is 0.